The summed E-state index contributed by atoms with van der Waals surface area (Å²) in [4.78, 5) is 13.4. The van der Waals surface area contributed by atoms with Crippen molar-refractivity contribution >= 4 is 27.3 Å². The molecule has 0 fully saturated rings. The van der Waals surface area contributed by atoms with Crippen LogP contribution < -0.4 is 15.8 Å². The third kappa shape index (κ3) is 5.64. The quantitative estimate of drug-likeness (QED) is 0.648. The molecule has 0 atom stereocenters. The lowest BCUT2D eigenvalue weighted by atomic mass is 10.1. The Morgan fingerprint density at radius 3 is 2.44 bits per heavy atom. The number of carbonyl (C=O) groups is 1. The molecule has 6 nitrogen and oxygen atoms in total. The maximum Gasteiger partial charge on any atom is 0.251 e. The smallest absolute Gasteiger partial charge is 0.251 e. The van der Waals surface area contributed by atoms with E-state index in [2.05, 4.69) is 10.0 Å². The number of rotatable bonds is 8. The second kappa shape index (κ2) is 8.09. The molecule has 1 aromatic heterocycles. The van der Waals surface area contributed by atoms with Gasteiger partial charge >= 0.3 is 0 Å². The van der Waals surface area contributed by atoms with Gasteiger partial charge in [0.15, 0.2) is 0 Å². The topological polar surface area (TPSA) is 101 Å². The molecule has 0 aliphatic carbocycles. The molecule has 2 rings (SSSR count). The van der Waals surface area contributed by atoms with Gasteiger partial charge in [-0.15, -0.1) is 11.3 Å². The van der Waals surface area contributed by atoms with Crippen molar-refractivity contribution in [1.29, 1.82) is 0 Å². The van der Waals surface area contributed by atoms with Crippen LogP contribution in [0.4, 0.5) is 0 Å². The van der Waals surface area contributed by atoms with E-state index in [1.165, 1.54) is 24.3 Å². The standard InChI is InChI=1S/C17H23N3O3S2/c1-17(2,12-18)20-16(21)13-5-7-15(8-6-13)25(22,23)19-10-9-14-4-3-11-24-14/h3-8,11,19H,9-10,12,18H2,1-2H3,(H,20,21). The van der Waals surface area contributed by atoms with E-state index in [-0.39, 0.29) is 10.8 Å². The van der Waals surface area contributed by atoms with Gasteiger partial charge in [-0.1, -0.05) is 6.07 Å². The number of carbonyl (C=O) groups excluding carboxylic acids is 1. The van der Waals surface area contributed by atoms with Gasteiger partial charge in [-0.25, -0.2) is 13.1 Å². The van der Waals surface area contributed by atoms with Gasteiger partial charge in [0.1, 0.15) is 0 Å². The monoisotopic (exact) mass is 381 g/mol. The summed E-state index contributed by atoms with van der Waals surface area (Å²) in [5.74, 6) is -0.287. The summed E-state index contributed by atoms with van der Waals surface area (Å²) in [5.41, 5.74) is 5.46. The Morgan fingerprint density at radius 1 is 1.20 bits per heavy atom. The minimum absolute atomic E-state index is 0.133. The summed E-state index contributed by atoms with van der Waals surface area (Å²) in [6.07, 6.45) is 0.644. The Balaban J connectivity index is 1.99. The number of nitrogens with two attached hydrogens (primary N) is 1. The van der Waals surface area contributed by atoms with Gasteiger partial charge in [0.25, 0.3) is 5.91 Å². The minimum atomic E-state index is -3.59. The van der Waals surface area contributed by atoms with Crippen molar-refractivity contribution in [2.24, 2.45) is 5.73 Å². The van der Waals surface area contributed by atoms with Crippen LogP contribution in [0.2, 0.25) is 0 Å². The Labute approximate surface area is 152 Å². The van der Waals surface area contributed by atoms with Crippen LogP contribution in [0.15, 0.2) is 46.7 Å². The van der Waals surface area contributed by atoms with Crippen molar-refractivity contribution in [2.45, 2.75) is 30.7 Å². The second-order valence-corrected chi connectivity index (χ2v) is 9.09. The van der Waals surface area contributed by atoms with Gasteiger partial charge in [0.2, 0.25) is 10.0 Å². The highest BCUT2D eigenvalue weighted by Gasteiger charge is 2.20. The van der Waals surface area contributed by atoms with Crippen molar-refractivity contribution in [2.75, 3.05) is 13.1 Å². The molecule has 0 aliphatic heterocycles. The third-order valence-corrected chi connectivity index (χ3v) is 6.05. The van der Waals surface area contributed by atoms with Gasteiger partial charge < -0.3 is 11.1 Å². The molecular weight excluding hydrogens is 358 g/mol. The van der Waals surface area contributed by atoms with E-state index >= 15 is 0 Å². The van der Waals surface area contributed by atoms with Crippen molar-refractivity contribution in [3.05, 3.63) is 52.2 Å². The maximum atomic E-state index is 12.3. The zero-order valence-electron chi connectivity index (χ0n) is 14.3. The van der Waals surface area contributed by atoms with E-state index in [0.29, 0.717) is 25.1 Å². The number of thiophene rings is 1. The van der Waals surface area contributed by atoms with E-state index in [4.69, 9.17) is 5.73 Å². The lowest BCUT2D eigenvalue weighted by Gasteiger charge is -2.24. The molecule has 1 aromatic carbocycles. The van der Waals surface area contributed by atoms with Crippen molar-refractivity contribution in [3.63, 3.8) is 0 Å². The van der Waals surface area contributed by atoms with Gasteiger partial charge in [-0.2, -0.15) is 0 Å². The number of amides is 1. The predicted octanol–water partition coefficient (Wildman–Crippen LogP) is 1.74. The van der Waals surface area contributed by atoms with Crippen molar-refractivity contribution in [3.8, 4) is 0 Å². The van der Waals surface area contributed by atoms with Crippen LogP contribution in [-0.2, 0) is 16.4 Å². The first-order valence-electron chi connectivity index (χ1n) is 7.88. The summed E-state index contributed by atoms with van der Waals surface area (Å²) in [6, 6.07) is 9.75. The fraction of sp³-hybridized carbons (Fsp3) is 0.353. The van der Waals surface area contributed by atoms with Crippen molar-refractivity contribution < 1.29 is 13.2 Å². The molecule has 0 saturated heterocycles. The molecule has 2 aromatic rings. The number of hydrogen-bond donors (Lipinski definition) is 3. The van der Waals surface area contributed by atoms with E-state index in [9.17, 15) is 13.2 Å². The predicted molar refractivity (Wildman–Crippen MR) is 100 cm³/mol. The van der Waals surface area contributed by atoms with Crippen LogP contribution in [0, 0.1) is 0 Å². The fourth-order valence-electron chi connectivity index (χ4n) is 2.06. The number of nitrogens with one attached hydrogen (secondary N) is 2. The molecule has 136 valence electrons. The average Bonchev–Trinajstić information content (AvgIpc) is 3.08. The first-order chi connectivity index (χ1) is 11.7. The summed E-state index contributed by atoms with van der Waals surface area (Å²) in [7, 11) is -3.59. The van der Waals surface area contributed by atoms with Gasteiger partial charge in [-0.05, 0) is 56.0 Å². The zero-order chi connectivity index (χ0) is 18.5. The van der Waals surface area contributed by atoms with E-state index < -0.39 is 15.6 Å². The Bertz CT molecular complexity index is 798. The van der Waals surface area contributed by atoms with E-state index in [0.717, 1.165) is 4.88 Å². The Morgan fingerprint density at radius 2 is 1.88 bits per heavy atom. The molecule has 25 heavy (non-hydrogen) atoms. The van der Waals surface area contributed by atoms with E-state index in [1.807, 2.05) is 31.4 Å². The highest BCUT2D eigenvalue weighted by atomic mass is 32.2. The highest BCUT2D eigenvalue weighted by Crippen LogP contribution is 2.13. The first kappa shape index (κ1) is 19.6. The summed E-state index contributed by atoms with van der Waals surface area (Å²) in [6.45, 7) is 4.28. The molecular formula is C17H23N3O3S2. The Hall–Kier alpha value is -1.74. The zero-order valence-corrected chi connectivity index (χ0v) is 15.9. The fourth-order valence-corrected chi connectivity index (χ4v) is 3.80. The highest BCUT2D eigenvalue weighted by molar-refractivity contribution is 7.89. The first-order valence-corrected chi connectivity index (χ1v) is 10.2. The molecule has 0 unspecified atom stereocenters. The maximum absolute atomic E-state index is 12.3. The third-order valence-electron chi connectivity index (χ3n) is 3.63. The molecule has 8 heteroatoms. The molecule has 1 heterocycles. The van der Waals surface area contributed by atoms with Gasteiger partial charge in [-0.3, -0.25) is 4.79 Å². The normalized spacial score (nSPS) is 12.1. The van der Waals surface area contributed by atoms with Gasteiger partial charge in [0, 0.05) is 29.1 Å². The molecule has 0 bridgehead atoms. The number of hydrogen-bond acceptors (Lipinski definition) is 5. The lowest BCUT2D eigenvalue weighted by Crippen LogP contribution is -2.48. The van der Waals surface area contributed by atoms with Gasteiger partial charge in [0.05, 0.1) is 4.90 Å². The Kier molecular flexibility index (Phi) is 6.34. The molecule has 0 aliphatic rings. The second-order valence-electron chi connectivity index (χ2n) is 6.29. The van der Waals surface area contributed by atoms with Crippen LogP contribution >= 0.6 is 11.3 Å². The molecule has 0 spiro atoms. The van der Waals surface area contributed by atoms with Crippen LogP contribution in [0.3, 0.4) is 0 Å². The summed E-state index contributed by atoms with van der Waals surface area (Å²) >= 11 is 1.59. The van der Waals surface area contributed by atoms with Crippen LogP contribution in [0.1, 0.15) is 29.1 Å². The molecule has 1 amide bonds. The summed E-state index contributed by atoms with van der Waals surface area (Å²) in [5, 5.41) is 4.76. The largest absolute Gasteiger partial charge is 0.346 e. The molecule has 4 N–H and O–H groups in total. The average molecular weight is 382 g/mol. The molecule has 0 radical (unpaired) electrons. The number of benzene rings is 1. The molecule has 0 saturated carbocycles. The summed E-state index contributed by atoms with van der Waals surface area (Å²) < 4.78 is 27.2. The number of sulfonamides is 1. The van der Waals surface area contributed by atoms with E-state index in [1.54, 1.807) is 11.3 Å². The van der Waals surface area contributed by atoms with Crippen LogP contribution in [0.5, 0.6) is 0 Å². The van der Waals surface area contributed by atoms with Crippen LogP contribution in [-0.4, -0.2) is 33.0 Å². The minimum Gasteiger partial charge on any atom is -0.346 e. The van der Waals surface area contributed by atoms with Crippen LogP contribution in [0.25, 0.3) is 0 Å². The van der Waals surface area contributed by atoms with Crippen molar-refractivity contribution in [1.82, 2.24) is 10.0 Å². The lowest BCUT2D eigenvalue weighted by molar-refractivity contribution is 0.0915. The SMILES string of the molecule is CC(C)(CN)NC(=O)c1ccc(S(=O)(=O)NCCc2cccs2)cc1.